The molecule has 2 aromatic heterocycles. The molecule has 2 heterocycles. The first-order valence-corrected chi connectivity index (χ1v) is 7.27. The van der Waals surface area contributed by atoms with Crippen molar-refractivity contribution in [2.75, 3.05) is 0 Å². The molecule has 0 aliphatic heterocycles. The summed E-state index contributed by atoms with van der Waals surface area (Å²) in [4.78, 5) is 15.7. The maximum atomic E-state index is 13.4. The van der Waals surface area contributed by atoms with Crippen molar-refractivity contribution in [3.05, 3.63) is 47.3 Å². The molecule has 0 bridgehead atoms. The van der Waals surface area contributed by atoms with Crippen molar-refractivity contribution in [3.8, 4) is 0 Å². The number of hydrogen-bond acceptors (Lipinski definition) is 3. The number of aryl methyl sites for hydroxylation is 1. The van der Waals surface area contributed by atoms with Gasteiger partial charge in [0.1, 0.15) is 5.82 Å². The Hall–Kier alpha value is -2.44. The first-order valence-electron chi connectivity index (χ1n) is 7.27. The standard InChI is InChI=1S/C15H18FN5O/c1-21-14(11(7-20-21)10-4-5-10)9-19-15(22)18-8-13-12(16)3-2-6-17-13/h2-3,6-7,10H,4-5,8-9H2,1H3,(H2,18,19,22). The second-order valence-electron chi connectivity index (χ2n) is 5.41. The Balaban J connectivity index is 1.52. The van der Waals surface area contributed by atoms with Gasteiger partial charge < -0.3 is 10.6 Å². The van der Waals surface area contributed by atoms with Crippen molar-refractivity contribution < 1.29 is 9.18 Å². The lowest BCUT2D eigenvalue weighted by molar-refractivity contribution is 0.239. The van der Waals surface area contributed by atoms with Gasteiger partial charge in [-0.15, -0.1) is 0 Å². The van der Waals surface area contributed by atoms with Crippen LogP contribution in [0.4, 0.5) is 9.18 Å². The lowest BCUT2D eigenvalue weighted by atomic mass is 10.1. The van der Waals surface area contributed by atoms with E-state index in [0.717, 1.165) is 5.69 Å². The summed E-state index contributed by atoms with van der Waals surface area (Å²) in [6.45, 7) is 0.457. The third kappa shape index (κ3) is 3.24. The number of aromatic nitrogens is 3. The predicted molar refractivity (Wildman–Crippen MR) is 78.5 cm³/mol. The number of nitrogens with zero attached hydrogens (tertiary/aromatic N) is 3. The van der Waals surface area contributed by atoms with E-state index >= 15 is 0 Å². The van der Waals surface area contributed by atoms with Crippen LogP contribution >= 0.6 is 0 Å². The minimum absolute atomic E-state index is 0.0549. The van der Waals surface area contributed by atoms with Crippen molar-refractivity contribution in [2.45, 2.75) is 31.8 Å². The highest BCUT2D eigenvalue weighted by Gasteiger charge is 2.28. The molecule has 0 radical (unpaired) electrons. The highest BCUT2D eigenvalue weighted by atomic mass is 19.1. The number of rotatable bonds is 5. The Bertz CT molecular complexity index is 680. The number of halogens is 1. The molecule has 2 N–H and O–H groups in total. The molecule has 1 aliphatic rings. The van der Waals surface area contributed by atoms with E-state index in [9.17, 15) is 9.18 Å². The van der Waals surface area contributed by atoms with Crippen LogP contribution in [0.15, 0.2) is 24.5 Å². The zero-order valence-electron chi connectivity index (χ0n) is 12.3. The molecule has 1 saturated carbocycles. The smallest absolute Gasteiger partial charge is 0.315 e. The largest absolute Gasteiger partial charge is 0.333 e. The van der Waals surface area contributed by atoms with Crippen LogP contribution < -0.4 is 10.6 Å². The van der Waals surface area contributed by atoms with E-state index < -0.39 is 5.82 Å². The second kappa shape index (κ2) is 6.13. The van der Waals surface area contributed by atoms with Gasteiger partial charge in [-0.2, -0.15) is 5.10 Å². The van der Waals surface area contributed by atoms with Gasteiger partial charge in [0.2, 0.25) is 0 Å². The summed E-state index contributed by atoms with van der Waals surface area (Å²) in [5.41, 5.74) is 2.44. The van der Waals surface area contributed by atoms with Crippen LogP contribution in [0, 0.1) is 5.82 Å². The normalized spacial score (nSPS) is 13.9. The molecule has 22 heavy (non-hydrogen) atoms. The molecule has 3 rings (SSSR count). The molecule has 6 nitrogen and oxygen atoms in total. The van der Waals surface area contributed by atoms with E-state index in [0.29, 0.717) is 12.5 Å². The van der Waals surface area contributed by atoms with Gasteiger partial charge in [0.25, 0.3) is 0 Å². The SMILES string of the molecule is Cn1ncc(C2CC2)c1CNC(=O)NCc1ncccc1F. The second-order valence-corrected chi connectivity index (χ2v) is 5.41. The third-order valence-corrected chi connectivity index (χ3v) is 3.78. The van der Waals surface area contributed by atoms with Crippen LogP contribution in [-0.2, 0) is 20.1 Å². The van der Waals surface area contributed by atoms with E-state index in [1.807, 2.05) is 13.2 Å². The van der Waals surface area contributed by atoms with Crippen LogP contribution in [0.1, 0.15) is 35.7 Å². The van der Waals surface area contributed by atoms with Gasteiger partial charge in [0.15, 0.2) is 0 Å². The molecule has 1 aliphatic carbocycles. The Labute approximate surface area is 127 Å². The summed E-state index contributed by atoms with van der Waals surface area (Å²) in [6, 6.07) is 2.48. The quantitative estimate of drug-likeness (QED) is 0.885. The summed E-state index contributed by atoms with van der Waals surface area (Å²) in [7, 11) is 1.87. The number of carbonyl (C=O) groups is 1. The van der Waals surface area contributed by atoms with Crippen LogP contribution in [0.2, 0.25) is 0 Å². The first kappa shape index (κ1) is 14.5. The van der Waals surface area contributed by atoms with E-state index in [2.05, 4.69) is 20.7 Å². The first-order chi connectivity index (χ1) is 10.6. The highest BCUT2D eigenvalue weighted by molar-refractivity contribution is 5.73. The number of urea groups is 1. The van der Waals surface area contributed by atoms with Crippen molar-refractivity contribution in [3.63, 3.8) is 0 Å². The fourth-order valence-corrected chi connectivity index (χ4v) is 2.37. The van der Waals surface area contributed by atoms with E-state index in [-0.39, 0.29) is 18.3 Å². The molecule has 2 aromatic rings. The Morgan fingerprint density at radius 3 is 2.91 bits per heavy atom. The summed E-state index contributed by atoms with van der Waals surface area (Å²) < 4.78 is 15.2. The average Bonchev–Trinajstić information content (AvgIpc) is 3.28. The van der Waals surface area contributed by atoms with Crippen LogP contribution in [-0.4, -0.2) is 20.8 Å². The fraction of sp³-hybridized carbons (Fsp3) is 0.400. The monoisotopic (exact) mass is 303 g/mol. The van der Waals surface area contributed by atoms with Crippen molar-refractivity contribution in [1.82, 2.24) is 25.4 Å². The Morgan fingerprint density at radius 2 is 2.18 bits per heavy atom. The number of hydrogen-bond donors (Lipinski definition) is 2. The van der Waals surface area contributed by atoms with Gasteiger partial charge in [0, 0.05) is 13.2 Å². The van der Waals surface area contributed by atoms with Gasteiger partial charge in [-0.1, -0.05) is 0 Å². The number of amides is 2. The molecule has 116 valence electrons. The molecule has 1 fully saturated rings. The van der Waals surface area contributed by atoms with Crippen LogP contribution in [0.25, 0.3) is 0 Å². The maximum absolute atomic E-state index is 13.4. The third-order valence-electron chi connectivity index (χ3n) is 3.78. The predicted octanol–water partition coefficient (Wildman–Crippen LogP) is 1.83. The minimum Gasteiger partial charge on any atom is -0.333 e. The lowest BCUT2D eigenvalue weighted by Gasteiger charge is -2.09. The number of pyridine rings is 1. The van der Waals surface area contributed by atoms with E-state index in [1.165, 1.54) is 36.7 Å². The lowest BCUT2D eigenvalue weighted by Crippen LogP contribution is -2.35. The fourth-order valence-electron chi connectivity index (χ4n) is 2.37. The Morgan fingerprint density at radius 1 is 1.41 bits per heavy atom. The van der Waals surface area contributed by atoms with Crippen molar-refractivity contribution >= 4 is 6.03 Å². The molecule has 2 amide bonds. The average molecular weight is 303 g/mol. The van der Waals surface area contributed by atoms with Gasteiger partial charge in [-0.3, -0.25) is 9.67 Å². The number of nitrogens with one attached hydrogen (secondary N) is 2. The highest BCUT2D eigenvalue weighted by Crippen LogP contribution is 2.41. The molecular formula is C15H18FN5O. The van der Waals surface area contributed by atoms with Gasteiger partial charge in [-0.05, 0) is 36.5 Å². The topological polar surface area (TPSA) is 71.8 Å². The van der Waals surface area contributed by atoms with Crippen LogP contribution in [0.3, 0.4) is 0 Å². The summed E-state index contributed by atoms with van der Waals surface area (Å²) in [5, 5.41) is 9.63. The molecule has 0 unspecified atom stereocenters. The van der Waals surface area contributed by atoms with Gasteiger partial charge in [0.05, 0.1) is 30.7 Å². The summed E-state index contributed by atoms with van der Waals surface area (Å²) >= 11 is 0. The molecule has 0 saturated heterocycles. The Kier molecular flexibility index (Phi) is 4.04. The van der Waals surface area contributed by atoms with Gasteiger partial charge in [-0.25, -0.2) is 9.18 Å². The molecule has 0 spiro atoms. The van der Waals surface area contributed by atoms with E-state index in [4.69, 9.17) is 0 Å². The minimum atomic E-state index is -0.426. The maximum Gasteiger partial charge on any atom is 0.315 e. The molecule has 0 aromatic carbocycles. The van der Waals surface area contributed by atoms with Crippen molar-refractivity contribution in [2.24, 2.45) is 7.05 Å². The van der Waals surface area contributed by atoms with Gasteiger partial charge >= 0.3 is 6.03 Å². The van der Waals surface area contributed by atoms with E-state index in [1.54, 1.807) is 4.68 Å². The summed E-state index contributed by atoms with van der Waals surface area (Å²) in [5.74, 6) is 0.154. The molecule has 7 heteroatoms. The molecule has 0 atom stereocenters. The molecular weight excluding hydrogens is 285 g/mol. The number of carbonyl (C=O) groups excluding carboxylic acids is 1. The zero-order chi connectivity index (χ0) is 15.5. The zero-order valence-corrected chi connectivity index (χ0v) is 12.3. The van der Waals surface area contributed by atoms with Crippen molar-refractivity contribution in [1.29, 1.82) is 0 Å². The summed E-state index contributed by atoms with van der Waals surface area (Å²) in [6.07, 6.45) is 5.74. The van der Waals surface area contributed by atoms with Crippen LogP contribution in [0.5, 0.6) is 0 Å².